The summed E-state index contributed by atoms with van der Waals surface area (Å²) < 4.78 is 4.53. The molecule has 64 valence electrons. The number of carbonyl (C=O) groups is 1. The number of methoxy groups -OCH3 is 1. The molecule has 0 rings (SSSR count). The summed E-state index contributed by atoms with van der Waals surface area (Å²) in [7, 11) is 1.37. The van der Waals surface area contributed by atoms with Gasteiger partial charge in [-0.3, -0.25) is 0 Å². The quantitative estimate of drug-likeness (QED) is 0.491. The van der Waals surface area contributed by atoms with Crippen molar-refractivity contribution in [2.75, 3.05) is 7.11 Å². The summed E-state index contributed by atoms with van der Waals surface area (Å²) in [6.45, 7) is 5.72. The van der Waals surface area contributed by atoms with Crippen LogP contribution in [0.3, 0.4) is 0 Å². The lowest BCUT2D eigenvalue weighted by Gasteiger charge is -2.10. The van der Waals surface area contributed by atoms with Crippen molar-refractivity contribution in [2.45, 2.75) is 26.8 Å². The van der Waals surface area contributed by atoms with Crippen LogP contribution in [-0.2, 0) is 9.53 Å². The fraction of sp³-hybridized carbons (Fsp3) is 0.625. The molecule has 1 N–H and O–H groups in total. The predicted octanol–water partition coefficient (Wildman–Crippen LogP) is 1.06. The Morgan fingerprint density at radius 3 is 2.36 bits per heavy atom. The molecule has 0 aliphatic carbocycles. The lowest BCUT2D eigenvalue weighted by molar-refractivity contribution is -0.136. The fourth-order valence-electron chi connectivity index (χ4n) is 0.681. The monoisotopic (exact) mass is 157 g/mol. The van der Waals surface area contributed by atoms with Gasteiger partial charge in [-0.05, 0) is 20.8 Å². The van der Waals surface area contributed by atoms with E-state index in [-0.39, 0.29) is 12.0 Å². The zero-order chi connectivity index (χ0) is 8.85. The van der Waals surface area contributed by atoms with E-state index in [0.29, 0.717) is 5.70 Å². The third-order valence-electron chi connectivity index (χ3n) is 1.14. The van der Waals surface area contributed by atoms with Crippen LogP contribution >= 0.6 is 0 Å². The molecular weight excluding hydrogens is 142 g/mol. The molecule has 0 spiro atoms. The van der Waals surface area contributed by atoms with Crippen molar-refractivity contribution in [3.05, 3.63) is 11.8 Å². The van der Waals surface area contributed by atoms with Crippen molar-refractivity contribution >= 4 is 5.97 Å². The number of hydrogen-bond acceptors (Lipinski definition) is 3. The van der Waals surface area contributed by atoms with Crippen molar-refractivity contribution in [1.29, 1.82) is 0 Å². The molecule has 0 amide bonds. The van der Waals surface area contributed by atoms with E-state index in [0.717, 1.165) is 0 Å². The van der Waals surface area contributed by atoms with E-state index in [1.807, 2.05) is 13.8 Å². The molecule has 11 heavy (non-hydrogen) atoms. The predicted molar refractivity (Wildman–Crippen MR) is 44.0 cm³/mol. The molecule has 0 atom stereocenters. The van der Waals surface area contributed by atoms with Gasteiger partial charge in [0.2, 0.25) is 0 Å². The van der Waals surface area contributed by atoms with Gasteiger partial charge in [-0.15, -0.1) is 0 Å². The first-order chi connectivity index (χ1) is 5.11. The molecule has 3 nitrogen and oxygen atoms in total. The van der Waals surface area contributed by atoms with Gasteiger partial charge in [0, 0.05) is 6.04 Å². The van der Waals surface area contributed by atoms with Crippen molar-refractivity contribution < 1.29 is 9.53 Å². The van der Waals surface area contributed by atoms with E-state index in [4.69, 9.17) is 0 Å². The Balaban J connectivity index is 4.09. The minimum Gasteiger partial charge on any atom is -0.464 e. The molecule has 0 heterocycles. The lowest BCUT2D eigenvalue weighted by atomic mass is 10.3. The standard InChI is InChI=1S/C8H15NO2/c1-5-7(8(10)11-4)9-6(2)3/h5-6,9H,1-4H3/b7-5-. The van der Waals surface area contributed by atoms with Crippen LogP contribution in [0.4, 0.5) is 0 Å². The lowest BCUT2D eigenvalue weighted by Crippen LogP contribution is -2.27. The molecule has 0 aliphatic rings. The first kappa shape index (κ1) is 10.0. The Hall–Kier alpha value is -0.990. The van der Waals surface area contributed by atoms with Gasteiger partial charge in [-0.25, -0.2) is 4.79 Å². The highest BCUT2D eigenvalue weighted by molar-refractivity contribution is 5.87. The maximum absolute atomic E-state index is 10.9. The SMILES string of the molecule is C/C=C(\NC(C)C)C(=O)OC. The molecule has 0 aliphatic heterocycles. The van der Waals surface area contributed by atoms with Crippen LogP contribution in [-0.4, -0.2) is 19.1 Å². The average molecular weight is 157 g/mol. The van der Waals surface area contributed by atoms with Crippen molar-refractivity contribution in [3.63, 3.8) is 0 Å². The number of allylic oxidation sites excluding steroid dienone is 1. The van der Waals surface area contributed by atoms with Gasteiger partial charge in [-0.2, -0.15) is 0 Å². The Bertz CT molecular complexity index is 161. The highest BCUT2D eigenvalue weighted by Gasteiger charge is 2.07. The van der Waals surface area contributed by atoms with Gasteiger partial charge in [-0.1, -0.05) is 6.08 Å². The smallest absolute Gasteiger partial charge is 0.353 e. The van der Waals surface area contributed by atoms with Crippen LogP contribution in [0.2, 0.25) is 0 Å². The van der Waals surface area contributed by atoms with Crippen LogP contribution in [0, 0.1) is 0 Å². The van der Waals surface area contributed by atoms with Gasteiger partial charge < -0.3 is 10.1 Å². The van der Waals surface area contributed by atoms with Gasteiger partial charge in [0.1, 0.15) is 5.70 Å². The van der Waals surface area contributed by atoms with E-state index < -0.39 is 0 Å². The highest BCUT2D eigenvalue weighted by Crippen LogP contribution is 1.94. The van der Waals surface area contributed by atoms with Gasteiger partial charge in [0.25, 0.3) is 0 Å². The Morgan fingerprint density at radius 2 is 2.09 bits per heavy atom. The fourth-order valence-corrected chi connectivity index (χ4v) is 0.681. The maximum atomic E-state index is 10.9. The zero-order valence-electron chi connectivity index (χ0n) is 7.47. The van der Waals surface area contributed by atoms with Gasteiger partial charge >= 0.3 is 5.97 Å². The van der Waals surface area contributed by atoms with Crippen molar-refractivity contribution in [3.8, 4) is 0 Å². The Morgan fingerprint density at radius 1 is 1.55 bits per heavy atom. The van der Waals surface area contributed by atoms with Crippen LogP contribution in [0.1, 0.15) is 20.8 Å². The molecule has 0 fully saturated rings. The van der Waals surface area contributed by atoms with E-state index in [1.165, 1.54) is 7.11 Å². The molecule has 0 bridgehead atoms. The number of esters is 1. The van der Waals surface area contributed by atoms with E-state index in [2.05, 4.69) is 10.1 Å². The summed E-state index contributed by atoms with van der Waals surface area (Å²) in [4.78, 5) is 10.9. The number of rotatable bonds is 3. The second-order valence-electron chi connectivity index (χ2n) is 2.49. The minimum atomic E-state index is -0.318. The third-order valence-corrected chi connectivity index (χ3v) is 1.14. The highest BCUT2D eigenvalue weighted by atomic mass is 16.5. The van der Waals surface area contributed by atoms with Crippen molar-refractivity contribution in [2.24, 2.45) is 0 Å². The molecule has 0 saturated carbocycles. The van der Waals surface area contributed by atoms with Crippen LogP contribution in [0.5, 0.6) is 0 Å². The first-order valence-electron chi connectivity index (χ1n) is 3.63. The first-order valence-corrected chi connectivity index (χ1v) is 3.63. The second kappa shape index (κ2) is 4.77. The average Bonchev–Trinajstić information content (AvgIpc) is 1.98. The van der Waals surface area contributed by atoms with Crippen LogP contribution < -0.4 is 5.32 Å². The third kappa shape index (κ3) is 3.65. The molecule has 0 aromatic heterocycles. The molecule has 0 aromatic carbocycles. The molecule has 3 heteroatoms. The van der Waals surface area contributed by atoms with E-state index in [9.17, 15) is 4.79 Å². The summed E-state index contributed by atoms with van der Waals surface area (Å²) in [5.41, 5.74) is 0.516. The molecule has 0 aromatic rings. The topological polar surface area (TPSA) is 38.3 Å². The summed E-state index contributed by atoms with van der Waals surface area (Å²) >= 11 is 0. The van der Waals surface area contributed by atoms with Crippen molar-refractivity contribution in [1.82, 2.24) is 5.32 Å². The number of hydrogen-bond donors (Lipinski definition) is 1. The maximum Gasteiger partial charge on any atom is 0.353 e. The van der Waals surface area contributed by atoms with Crippen LogP contribution in [0.25, 0.3) is 0 Å². The number of carbonyl (C=O) groups excluding carboxylic acids is 1. The van der Waals surface area contributed by atoms with Gasteiger partial charge in [0.05, 0.1) is 7.11 Å². The van der Waals surface area contributed by atoms with E-state index in [1.54, 1.807) is 13.0 Å². The minimum absolute atomic E-state index is 0.250. The zero-order valence-corrected chi connectivity index (χ0v) is 7.47. The normalized spacial score (nSPS) is 11.5. The largest absolute Gasteiger partial charge is 0.464 e. The summed E-state index contributed by atoms with van der Waals surface area (Å²) in [6, 6.07) is 0.250. The Kier molecular flexibility index (Phi) is 4.34. The van der Waals surface area contributed by atoms with E-state index >= 15 is 0 Å². The van der Waals surface area contributed by atoms with Gasteiger partial charge in [0.15, 0.2) is 0 Å². The molecular formula is C8H15NO2. The second-order valence-corrected chi connectivity index (χ2v) is 2.49. The molecule has 0 radical (unpaired) electrons. The summed E-state index contributed by atoms with van der Waals surface area (Å²) in [5, 5.41) is 2.97. The number of ether oxygens (including phenoxy) is 1. The Labute approximate surface area is 67.4 Å². The summed E-state index contributed by atoms with van der Waals surface area (Å²) in [5.74, 6) is -0.318. The molecule has 0 saturated heterocycles. The molecule has 0 unspecified atom stereocenters. The number of nitrogens with one attached hydrogen (secondary N) is 1. The van der Waals surface area contributed by atoms with Crippen LogP contribution in [0.15, 0.2) is 11.8 Å². The summed E-state index contributed by atoms with van der Waals surface area (Å²) in [6.07, 6.45) is 1.70.